The van der Waals surface area contributed by atoms with Crippen LogP contribution in [-0.4, -0.2) is 36.7 Å². The Kier molecular flexibility index (Phi) is 8.67. The molecule has 0 saturated heterocycles. The van der Waals surface area contributed by atoms with E-state index in [2.05, 4.69) is 6.58 Å². The number of rotatable bonds is 6. The van der Waals surface area contributed by atoms with Crippen molar-refractivity contribution in [3.63, 3.8) is 0 Å². The number of phenols is 1. The number of hydrogen-bond acceptors (Lipinski definition) is 6. The number of carbonyl (C=O) groups excluding carboxylic acids is 1. The van der Waals surface area contributed by atoms with Crippen molar-refractivity contribution in [2.24, 2.45) is 5.73 Å². The molecule has 4 N–H and O–H groups in total. The molecule has 0 spiro atoms. The van der Waals surface area contributed by atoms with Crippen molar-refractivity contribution in [2.45, 2.75) is 24.3 Å². The van der Waals surface area contributed by atoms with E-state index in [1.165, 1.54) is 12.1 Å². The number of aromatic hydroxyl groups is 1. The lowest BCUT2D eigenvalue weighted by molar-refractivity contribution is -0.143. The van der Waals surface area contributed by atoms with Gasteiger partial charge in [-0.2, -0.15) is 8.42 Å². The van der Waals surface area contributed by atoms with E-state index in [1.807, 2.05) is 0 Å². The molecule has 0 aromatic heterocycles. The molecule has 0 saturated carbocycles. The first-order valence-corrected chi connectivity index (χ1v) is 9.43. The monoisotopic (exact) mass is 393 g/mol. The van der Waals surface area contributed by atoms with Gasteiger partial charge in [0.15, 0.2) is 0 Å². The number of benzene rings is 2. The van der Waals surface area contributed by atoms with Crippen LogP contribution >= 0.6 is 0 Å². The number of carbonyl (C=O) groups is 1. The van der Waals surface area contributed by atoms with E-state index in [0.717, 1.165) is 5.56 Å². The van der Waals surface area contributed by atoms with Crippen LogP contribution in [-0.2, 0) is 26.1 Å². The van der Waals surface area contributed by atoms with Crippen molar-refractivity contribution in [3.8, 4) is 5.75 Å². The second-order valence-electron chi connectivity index (χ2n) is 5.64. The lowest BCUT2D eigenvalue weighted by Crippen LogP contribution is -2.34. The molecule has 8 heteroatoms. The van der Waals surface area contributed by atoms with Gasteiger partial charge >= 0.3 is 5.97 Å². The smallest absolute Gasteiger partial charge is 0.323 e. The molecule has 0 bridgehead atoms. The average molecular weight is 393 g/mol. The minimum Gasteiger partial charge on any atom is -0.508 e. The highest BCUT2D eigenvalue weighted by Crippen LogP contribution is 2.13. The van der Waals surface area contributed by atoms with Crippen molar-refractivity contribution < 1.29 is 27.6 Å². The van der Waals surface area contributed by atoms with E-state index in [-0.39, 0.29) is 17.3 Å². The molecule has 2 rings (SSSR count). The summed E-state index contributed by atoms with van der Waals surface area (Å²) in [5.74, 6) is -0.264. The summed E-state index contributed by atoms with van der Waals surface area (Å²) in [7, 11) is -4.03. The van der Waals surface area contributed by atoms with Crippen LogP contribution in [0.2, 0.25) is 0 Å². The molecule has 0 radical (unpaired) electrons. The first-order valence-electron chi connectivity index (χ1n) is 7.99. The van der Waals surface area contributed by atoms with Crippen molar-refractivity contribution in [1.82, 2.24) is 0 Å². The maximum Gasteiger partial charge on any atom is 0.323 e. The number of esters is 1. The molecule has 2 aromatic rings. The van der Waals surface area contributed by atoms with Crippen molar-refractivity contribution in [3.05, 3.63) is 72.3 Å². The van der Waals surface area contributed by atoms with Gasteiger partial charge in [-0.15, -0.1) is 0 Å². The van der Waals surface area contributed by atoms with E-state index < -0.39 is 22.1 Å². The molecule has 0 unspecified atom stereocenters. The largest absolute Gasteiger partial charge is 0.508 e. The SMILES string of the molecule is C=CCOC(=O)[C@@H](N)Cc1ccc(O)cc1.Cc1ccccc1S(=O)(=O)O. The van der Waals surface area contributed by atoms with Crippen molar-refractivity contribution in [1.29, 1.82) is 0 Å². The Hall–Kier alpha value is -2.68. The summed E-state index contributed by atoms with van der Waals surface area (Å²) in [6.07, 6.45) is 1.88. The predicted molar refractivity (Wildman–Crippen MR) is 102 cm³/mol. The summed E-state index contributed by atoms with van der Waals surface area (Å²) in [6, 6.07) is 12.1. The summed E-state index contributed by atoms with van der Waals surface area (Å²) < 4.78 is 34.7. The molecule has 146 valence electrons. The van der Waals surface area contributed by atoms with Gasteiger partial charge in [-0.1, -0.05) is 43.0 Å². The van der Waals surface area contributed by atoms with Gasteiger partial charge in [-0.05, 0) is 42.7 Å². The normalized spacial score (nSPS) is 11.7. The molecule has 7 nitrogen and oxygen atoms in total. The van der Waals surface area contributed by atoms with Crippen LogP contribution in [0.3, 0.4) is 0 Å². The fraction of sp³-hybridized carbons (Fsp3) is 0.211. The lowest BCUT2D eigenvalue weighted by Gasteiger charge is -2.10. The maximum absolute atomic E-state index is 11.3. The molecule has 0 amide bonds. The lowest BCUT2D eigenvalue weighted by atomic mass is 10.1. The Balaban J connectivity index is 0.000000289. The Morgan fingerprint density at radius 1 is 1.22 bits per heavy atom. The molecule has 0 aliphatic carbocycles. The van der Waals surface area contributed by atoms with Crippen LogP contribution in [0.1, 0.15) is 11.1 Å². The Morgan fingerprint density at radius 3 is 2.30 bits per heavy atom. The number of hydrogen-bond donors (Lipinski definition) is 3. The van der Waals surface area contributed by atoms with E-state index in [4.69, 9.17) is 20.1 Å². The molecule has 2 aromatic carbocycles. The summed E-state index contributed by atoms with van der Waals surface area (Å²) in [5, 5.41) is 9.08. The fourth-order valence-electron chi connectivity index (χ4n) is 2.06. The quantitative estimate of drug-likeness (QED) is 0.390. The fourth-order valence-corrected chi connectivity index (χ4v) is 2.79. The number of aryl methyl sites for hydroxylation is 1. The Labute approximate surface area is 158 Å². The van der Waals surface area contributed by atoms with Crippen LogP contribution in [0.15, 0.2) is 66.1 Å². The minimum atomic E-state index is -4.03. The van der Waals surface area contributed by atoms with Gasteiger partial charge in [-0.3, -0.25) is 9.35 Å². The number of phenolic OH excluding ortho intramolecular Hbond substituents is 1. The topological polar surface area (TPSA) is 127 Å². The zero-order chi connectivity index (χ0) is 20.4. The van der Waals surface area contributed by atoms with E-state index in [9.17, 15) is 13.2 Å². The second kappa shape index (κ2) is 10.5. The van der Waals surface area contributed by atoms with Crippen LogP contribution in [0.5, 0.6) is 5.75 Å². The molecule has 0 fully saturated rings. The van der Waals surface area contributed by atoms with E-state index >= 15 is 0 Å². The highest BCUT2D eigenvalue weighted by atomic mass is 32.2. The van der Waals surface area contributed by atoms with Crippen LogP contribution in [0, 0.1) is 6.92 Å². The van der Waals surface area contributed by atoms with Crippen molar-refractivity contribution in [2.75, 3.05) is 6.61 Å². The average Bonchev–Trinajstić information content (AvgIpc) is 2.61. The third-order valence-corrected chi connectivity index (χ3v) is 4.42. The highest BCUT2D eigenvalue weighted by Gasteiger charge is 2.15. The maximum atomic E-state index is 11.3. The third kappa shape index (κ3) is 8.04. The van der Waals surface area contributed by atoms with Crippen LogP contribution < -0.4 is 5.73 Å². The predicted octanol–water partition coefficient (Wildman–Crippen LogP) is 2.23. The molecule has 0 heterocycles. The van der Waals surface area contributed by atoms with Crippen LogP contribution in [0.4, 0.5) is 0 Å². The molecule has 0 aliphatic rings. The zero-order valence-electron chi connectivity index (χ0n) is 14.9. The molecule has 1 atom stereocenters. The highest BCUT2D eigenvalue weighted by molar-refractivity contribution is 7.85. The number of nitrogens with two attached hydrogens (primary N) is 1. The van der Waals surface area contributed by atoms with Crippen LogP contribution in [0.25, 0.3) is 0 Å². The molecule has 27 heavy (non-hydrogen) atoms. The Bertz CT molecular complexity index is 862. The number of ether oxygens (including phenoxy) is 1. The standard InChI is InChI=1S/C12H15NO3.C7H8O3S/c1-2-7-16-12(15)11(13)8-9-3-5-10(14)6-4-9;1-6-4-2-3-5-7(6)11(8,9)10/h2-6,11,14H,1,7-8,13H2;2-5H,1H3,(H,8,9,10)/t11-;/m0./s1. The van der Waals surface area contributed by atoms with Crippen molar-refractivity contribution >= 4 is 16.1 Å². The molecular formula is C19H23NO6S. The van der Waals surface area contributed by atoms with Gasteiger partial charge in [0.1, 0.15) is 18.4 Å². The van der Waals surface area contributed by atoms with Gasteiger partial charge in [0.25, 0.3) is 10.1 Å². The van der Waals surface area contributed by atoms with E-state index in [0.29, 0.717) is 12.0 Å². The summed E-state index contributed by atoms with van der Waals surface area (Å²) in [5.41, 5.74) is 7.08. The first kappa shape index (κ1) is 22.4. The first-order chi connectivity index (χ1) is 12.6. The zero-order valence-corrected chi connectivity index (χ0v) is 15.7. The molecule has 0 aliphatic heterocycles. The van der Waals surface area contributed by atoms with Gasteiger partial charge in [0.05, 0.1) is 4.90 Å². The van der Waals surface area contributed by atoms with Gasteiger partial charge in [0.2, 0.25) is 0 Å². The van der Waals surface area contributed by atoms with E-state index in [1.54, 1.807) is 49.4 Å². The van der Waals surface area contributed by atoms with Gasteiger partial charge in [-0.25, -0.2) is 0 Å². The summed E-state index contributed by atoms with van der Waals surface area (Å²) >= 11 is 0. The second-order valence-corrected chi connectivity index (χ2v) is 7.03. The minimum absolute atomic E-state index is 0.0278. The summed E-state index contributed by atoms with van der Waals surface area (Å²) in [6.45, 7) is 5.24. The van der Waals surface area contributed by atoms with Gasteiger partial charge in [0, 0.05) is 0 Å². The molecular weight excluding hydrogens is 370 g/mol. The third-order valence-electron chi connectivity index (χ3n) is 3.41. The Morgan fingerprint density at radius 2 is 1.81 bits per heavy atom. The summed E-state index contributed by atoms with van der Waals surface area (Å²) in [4.78, 5) is 11.3. The van der Waals surface area contributed by atoms with Gasteiger partial charge < -0.3 is 15.6 Å².